The summed E-state index contributed by atoms with van der Waals surface area (Å²) in [5.41, 5.74) is 2.47. The second-order valence-corrected chi connectivity index (χ2v) is 5.31. The number of carbonyl (C=O) groups excluding carboxylic acids is 1. The Morgan fingerprint density at radius 2 is 1.95 bits per heavy atom. The van der Waals surface area contributed by atoms with E-state index in [1.807, 2.05) is 18.2 Å². The minimum absolute atomic E-state index is 0.00472. The van der Waals surface area contributed by atoms with Crippen molar-refractivity contribution in [3.05, 3.63) is 64.4 Å². The lowest BCUT2D eigenvalue weighted by Gasteiger charge is -2.27. The molecule has 1 aliphatic carbocycles. The number of pyridine rings is 1. The molecular formula is C16H14ClNO. The van der Waals surface area contributed by atoms with Crippen molar-refractivity contribution in [2.45, 2.75) is 25.2 Å². The Kier molecular flexibility index (Phi) is 3.34. The number of hydrogen-bond acceptors (Lipinski definition) is 2. The lowest BCUT2D eigenvalue weighted by molar-refractivity contribution is 0.103. The maximum Gasteiger partial charge on any atom is 0.194 e. The van der Waals surface area contributed by atoms with Gasteiger partial charge in [-0.1, -0.05) is 42.3 Å². The molecule has 0 aliphatic heterocycles. The van der Waals surface area contributed by atoms with Crippen LogP contribution in [0.3, 0.4) is 0 Å². The van der Waals surface area contributed by atoms with Crippen LogP contribution in [0.5, 0.6) is 0 Å². The lowest BCUT2D eigenvalue weighted by atomic mass is 9.77. The van der Waals surface area contributed by atoms with Crippen molar-refractivity contribution in [2.24, 2.45) is 0 Å². The van der Waals surface area contributed by atoms with Crippen LogP contribution in [-0.4, -0.2) is 10.8 Å². The molecule has 2 aromatic rings. The van der Waals surface area contributed by atoms with Crippen LogP contribution in [0.25, 0.3) is 0 Å². The van der Waals surface area contributed by atoms with Crippen molar-refractivity contribution in [3.63, 3.8) is 0 Å². The van der Waals surface area contributed by atoms with Crippen LogP contribution in [0.2, 0.25) is 5.02 Å². The first kappa shape index (κ1) is 12.4. The second kappa shape index (κ2) is 5.14. The average Bonchev–Trinajstić information content (AvgIpc) is 2.37. The SMILES string of the molecule is O=C(c1ccncc1Cl)c1ccccc1C1CCC1. The fourth-order valence-corrected chi connectivity index (χ4v) is 2.69. The van der Waals surface area contributed by atoms with Gasteiger partial charge in [-0.2, -0.15) is 0 Å². The standard InChI is InChI=1S/C16H14ClNO/c17-15-10-18-9-8-14(15)16(19)13-7-2-1-6-12(13)11-4-3-5-11/h1-2,6-11H,3-5H2. The van der Waals surface area contributed by atoms with Crippen molar-refractivity contribution in [1.82, 2.24) is 4.98 Å². The minimum Gasteiger partial charge on any atom is -0.289 e. The monoisotopic (exact) mass is 271 g/mol. The van der Waals surface area contributed by atoms with E-state index in [0.717, 1.165) is 11.1 Å². The summed E-state index contributed by atoms with van der Waals surface area (Å²) in [6.45, 7) is 0. The van der Waals surface area contributed by atoms with E-state index < -0.39 is 0 Å². The summed E-state index contributed by atoms with van der Waals surface area (Å²) >= 11 is 6.07. The van der Waals surface area contributed by atoms with Gasteiger partial charge in [0.2, 0.25) is 0 Å². The molecule has 1 aliphatic rings. The van der Waals surface area contributed by atoms with E-state index in [1.54, 1.807) is 12.3 Å². The summed E-state index contributed by atoms with van der Waals surface area (Å²) in [7, 11) is 0. The van der Waals surface area contributed by atoms with Gasteiger partial charge in [-0.15, -0.1) is 0 Å². The van der Waals surface area contributed by atoms with Crippen LogP contribution in [0.4, 0.5) is 0 Å². The van der Waals surface area contributed by atoms with Gasteiger partial charge in [0.1, 0.15) is 0 Å². The average molecular weight is 272 g/mol. The fourth-order valence-electron chi connectivity index (χ4n) is 2.48. The van der Waals surface area contributed by atoms with E-state index in [0.29, 0.717) is 16.5 Å². The van der Waals surface area contributed by atoms with Crippen LogP contribution < -0.4 is 0 Å². The van der Waals surface area contributed by atoms with E-state index in [9.17, 15) is 4.79 Å². The number of aromatic nitrogens is 1. The molecule has 2 nitrogen and oxygen atoms in total. The third-order valence-corrected chi connectivity index (χ3v) is 4.07. The number of nitrogens with zero attached hydrogens (tertiary/aromatic N) is 1. The van der Waals surface area contributed by atoms with Gasteiger partial charge in [0.05, 0.1) is 5.02 Å². The smallest absolute Gasteiger partial charge is 0.194 e. The number of rotatable bonds is 3. The second-order valence-electron chi connectivity index (χ2n) is 4.90. The summed E-state index contributed by atoms with van der Waals surface area (Å²) in [5, 5.41) is 0.413. The Balaban J connectivity index is 2.02. The van der Waals surface area contributed by atoms with Crippen LogP contribution in [0, 0.1) is 0 Å². The lowest BCUT2D eigenvalue weighted by Crippen LogP contribution is -2.14. The van der Waals surface area contributed by atoms with Crippen LogP contribution in [0.1, 0.15) is 46.7 Å². The fraction of sp³-hybridized carbons (Fsp3) is 0.250. The molecule has 1 aromatic heterocycles. The van der Waals surface area contributed by atoms with Crippen molar-refractivity contribution in [3.8, 4) is 0 Å². The van der Waals surface area contributed by atoms with Gasteiger partial charge in [0, 0.05) is 23.5 Å². The first-order valence-corrected chi connectivity index (χ1v) is 6.88. The highest BCUT2D eigenvalue weighted by molar-refractivity contribution is 6.34. The number of ketones is 1. The van der Waals surface area contributed by atoms with E-state index in [2.05, 4.69) is 11.1 Å². The van der Waals surface area contributed by atoms with Crippen LogP contribution in [0.15, 0.2) is 42.7 Å². The summed E-state index contributed by atoms with van der Waals surface area (Å²) in [6, 6.07) is 9.55. The summed E-state index contributed by atoms with van der Waals surface area (Å²) < 4.78 is 0. The van der Waals surface area contributed by atoms with Gasteiger partial charge in [0.15, 0.2) is 5.78 Å². The zero-order valence-corrected chi connectivity index (χ0v) is 11.2. The van der Waals surface area contributed by atoms with Gasteiger partial charge in [-0.3, -0.25) is 9.78 Å². The largest absolute Gasteiger partial charge is 0.289 e. The summed E-state index contributed by atoms with van der Waals surface area (Å²) in [5.74, 6) is 0.524. The van der Waals surface area contributed by atoms with Gasteiger partial charge < -0.3 is 0 Å². The number of benzene rings is 1. The third kappa shape index (κ3) is 2.28. The molecular weight excluding hydrogens is 258 g/mol. The normalized spacial score (nSPS) is 15.0. The van der Waals surface area contributed by atoms with E-state index in [4.69, 9.17) is 11.6 Å². The van der Waals surface area contributed by atoms with Crippen LogP contribution in [-0.2, 0) is 0 Å². The molecule has 96 valence electrons. The molecule has 0 amide bonds. The summed E-state index contributed by atoms with van der Waals surface area (Å²) in [4.78, 5) is 16.5. The Morgan fingerprint density at radius 1 is 1.16 bits per heavy atom. The maximum atomic E-state index is 12.6. The molecule has 0 saturated heterocycles. The van der Waals surface area contributed by atoms with Crippen molar-refractivity contribution in [2.75, 3.05) is 0 Å². The molecule has 0 atom stereocenters. The van der Waals surface area contributed by atoms with E-state index in [-0.39, 0.29) is 5.78 Å². The molecule has 19 heavy (non-hydrogen) atoms. The Hall–Kier alpha value is -1.67. The molecule has 1 saturated carbocycles. The molecule has 0 radical (unpaired) electrons. The highest BCUT2D eigenvalue weighted by atomic mass is 35.5. The predicted octanol–water partition coefficient (Wildman–Crippen LogP) is 4.23. The molecule has 1 fully saturated rings. The third-order valence-electron chi connectivity index (χ3n) is 3.77. The van der Waals surface area contributed by atoms with Crippen molar-refractivity contribution < 1.29 is 4.79 Å². The highest BCUT2D eigenvalue weighted by Crippen LogP contribution is 2.38. The minimum atomic E-state index is -0.00472. The Morgan fingerprint density at radius 3 is 2.63 bits per heavy atom. The zero-order chi connectivity index (χ0) is 13.2. The molecule has 0 N–H and O–H groups in total. The zero-order valence-electron chi connectivity index (χ0n) is 10.5. The summed E-state index contributed by atoms with van der Waals surface area (Å²) in [6.07, 6.45) is 6.72. The van der Waals surface area contributed by atoms with Gasteiger partial charge in [0.25, 0.3) is 0 Å². The number of carbonyl (C=O) groups is 1. The molecule has 1 heterocycles. The molecule has 0 bridgehead atoms. The first-order valence-electron chi connectivity index (χ1n) is 6.50. The Bertz CT molecular complexity index is 620. The quantitative estimate of drug-likeness (QED) is 0.782. The van der Waals surface area contributed by atoms with E-state index >= 15 is 0 Å². The van der Waals surface area contributed by atoms with Crippen molar-refractivity contribution in [1.29, 1.82) is 0 Å². The molecule has 0 unspecified atom stereocenters. The highest BCUT2D eigenvalue weighted by Gasteiger charge is 2.25. The first-order chi connectivity index (χ1) is 9.27. The topological polar surface area (TPSA) is 30.0 Å². The predicted molar refractivity (Wildman–Crippen MR) is 75.7 cm³/mol. The molecule has 3 heteroatoms. The maximum absolute atomic E-state index is 12.6. The molecule has 1 aromatic carbocycles. The number of hydrogen-bond donors (Lipinski definition) is 0. The molecule has 3 rings (SSSR count). The van der Waals surface area contributed by atoms with Gasteiger partial charge >= 0.3 is 0 Å². The van der Waals surface area contributed by atoms with E-state index in [1.165, 1.54) is 25.5 Å². The van der Waals surface area contributed by atoms with Crippen LogP contribution >= 0.6 is 11.6 Å². The van der Waals surface area contributed by atoms with Gasteiger partial charge in [-0.05, 0) is 30.4 Å². The van der Waals surface area contributed by atoms with Gasteiger partial charge in [-0.25, -0.2) is 0 Å². The number of halogens is 1. The van der Waals surface area contributed by atoms with Crippen molar-refractivity contribution >= 4 is 17.4 Å². The Labute approximate surface area is 117 Å². The molecule has 0 spiro atoms.